The van der Waals surface area contributed by atoms with Crippen LogP contribution < -0.4 is 10.6 Å². The molecule has 0 aromatic carbocycles. The van der Waals surface area contributed by atoms with Gasteiger partial charge in [0.15, 0.2) is 5.96 Å². The molecule has 0 spiro atoms. The lowest BCUT2D eigenvalue weighted by atomic mass is 10.1. The maximum atomic E-state index is 4.68. The Balaban J connectivity index is 2.42. The van der Waals surface area contributed by atoms with Gasteiger partial charge in [-0.3, -0.25) is 5.32 Å². The SMILES string of the molecule is CCCCCCCN(CCCCCCC)C1=NCNC(C)(C)N1. The molecule has 0 bridgehead atoms. The molecule has 4 nitrogen and oxygen atoms in total. The summed E-state index contributed by atoms with van der Waals surface area (Å²) in [4.78, 5) is 7.16. The van der Waals surface area contributed by atoms with E-state index in [1.165, 1.54) is 64.2 Å². The van der Waals surface area contributed by atoms with E-state index in [9.17, 15) is 0 Å². The summed E-state index contributed by atoms with van der Waals surface area (Å²) in [5, 5.41) is 6.95. The van der Waals surface area contributed by atoms with Crippen LogP contribution in [0, 0.1) is 0 Å². The monoisotopic (exact) mass is 324 g/mol. The van der Waals surface area contributed by atoms with Crippen molar-refractivity contribution in [1.82, 2.24) is 15.5 Å². The van der Waals surface area contributed by atoms with Gasteiger partial charge in [-0.2, -0.15) is 0 Å². The van der Waals surface area contributed by atoms with Gasteiger partial charge < -0.3 is 10.2 Å². The summed E-state index contributed by atoms with van der Waals surface area (Å²) >= 11 is 0. The van der Waals surface area contributed by atoms with Crippen molar-refractivity contribution in [2.24, 2.45) is 4.99 Å². The molecule has 1 aliphatic rings. The van der Waals surface area contributed by atoms with Crippen LogP contribution in [0.25, 0.3) is 0 Å². The zero-order chi connectivity index (χ0) is 17.0. The first-order chi connectivity index (χ1) is 11.1. The number of hydrogen-bond acceptors (Lipinski definition) is 4. The minimum absolute atomic E-state index is 0.0558. The summed E-state index contributed by atoms with van der Waals surface area (Å²) in [5.74, 6) is 1.10. The van der Waals surface area contributed by atoms with Gasteiger partial charge in [-0.25, -0.2) is 4.99 Å². The minimum atomic E-state index is -0.0558. The van der Waals surface area contributed by atoms with Crippen molar-refractivity contribution in [3.8, 4) is 0 Å². The third kappa shape index (κ3) is 9.19. The molecule has 0 aliphatic carbocycles. The molecule has 136 valence electrons. The van der Waals surface area contributed by atoms with Crippen molar-refractivity contribution < 1.29 is 0 Å². The van der Waals surface area contributed by atoms with Crippen LogP contribution >= 0.6 is 0 Å². The lowest BCUT2D eigenvalue weighted by Gasteiger charge is -2.37. The molecule has 1 rings (SSSR count). The lowest BCUT2D eigenvalue weighted by molar-refractivity contribution is 0.298. The summed E-state index contributed by atoms with van der Waals surface area (Å²) in [7, 11) is 0. The molecule has 1 heterocycles. The molecular weight excluding hydrogens is 284 g/mol. The van der Waals surface area contributed by atoms with Crippen molar-refractivity contribution in [2.75, 3.05) is 19.8 Å². The highest BCUT2D eigenvalue weighted by molar-refractivity contribution is 5.81. The van der Waals surface area contributed by atoms with Crippen LogP contribution in [0.3, 0.4) is 0 Å². The third-order valence-corrected chi connectivity index (χ3v) is 4.54. The van der Waals surface area contributed by atoms with Gasteiger partial charge in [0.1, 0.15) is 0 Å². The molecule has 1 aliphatic heterocycles. The first kappa shape index (κ1) is 20.3. The predicted molar refractivity (Wildman–Crippen MR) is 102 cm³/mol. The highest BCUT2D eigenvalue weighted by Gasteiger charge is 2.24. The zero-order valence-electron chi connectivity index (χ0n) is 16.1. The van der Waals surface area contributed by atoms with E-state index in [1.807, 2.05) is 0 Å². The Hall–Kier alpha value is -0.770. The smallest absolute Gasteiger partial charge is 0.196 e. The first-order valence-electron chi connectivity index (χ1n) is 9.91. The van der Waals surface area contributed by atoms with Gasteiger partial charge in [-0.05, 0) is 26.7 Å². The second-order valence-electron chi connectivity index (χ2n) is 7.38. The van der Waals surface area contributed by atoms with Gasteiger partial charge in [-0.15, -0.1) is 0 Å². The second kappa shape index (κ2) is 11.7. The summed E-state index contributed by atoms with van der Waals surface area (Å²) < 4.78 is 0. The molecule has 0 aromatic heterocycles. The van der Waals surface area contributed by atoms with Gasteiger partial charge in [0.2, 0.25) is 0 Å². The predicted octanol–water partition coefficient (Wildman–Crippen LogP) is 4.47. The third-order valence-electron chi connectivity index (χ3n) is 4.54. The van der Waals surface area contributed by atoms with E-state index in [2.05, 4.69) is 48.2 Å². The van der Waals surface area contributed by atoms with Crippen molar-refractivity contribution >= 4 is 5.96 Å². The molecule has 0 saturated carbocycles. The van der Waals surface area contributed by atoms with Gasteiger partial charge >= 0.3 is 0 Å². The number of nitrogens with zero attached hydrogens (tertiary/aromatic N) is 2. The Morgan fingerprint density at radius 3 is 1.87 bits per heavy atom. The standard InChI is InChI=1S/C19H40N4/c1-5-7-9-11-13-15-23(16-14-12-10-8-6-2)18-20-17-21-19(3,4)22-18/h21H,5-17H2,1-4H3,(H,20,22). The van der Waals surface area contributed by atoms with Gasteiger partial charge in [0.05, 0.1) is 12.3 Å². The molecule has 4 heteroatoms. The molecule has 0 fully saturated rings. The Morgan fingerprint density at radius 2 is 1.39 bits per heavy atom. The average molecular weight is 325 g/mol. The highest BCUT2D eigenvalue weighted by Crippen LogP contribution is 2.10. The fourth-order valence-electron chi connectivity index (χ4n) is 2.99. The summed E-state index contributed by atoms with van der Waals surface area (Å²) in [5.41, 5.74) is -0.0558. The molecule has 0 unspecified atom stereocenters. The van der Waals surface area contributed by atoms with Crippen molar-refractivity contribution in [2.45, 2.75) is 97.6 Å². The van der Waals surface area contributed by atoms with E-state index in [4.69, 9.17) is 0 Å². The Labute approximate surface area is 144 Å². The molecule has 0 radical (unpaired) electrons. The number of unbranched alkanes of at least 4 members (excludes halogenated alkanes) is 8. The van der Waals surface area contributed by atoms with Crippen LogP contribution in [0.15, 0.2) is 4.99 Å². The van der Waals surface area contributed by atoms with E-state index in [0.717, 1.165) is 25.7 Å². The van der Waals surface area contributed by atoms with E-state index >= 15 is 0 Å². The number of hydrogen-bond donors (Lipinski definition) is 2. The van der Waals surface area contributed by atoms with Crippen molar-refractivity contribution in [3.05, 3.63) is 0 Å². The average Bonchev–Trinajstić information content (AvgIpc) is 2.51. The van der Waals surface area contributed by atoms with Crippen LogP contribution in [0.2, 0.25) is 0 Å². The van der Waals surface area contributed by atoms with Crippen LogP contribution in [0.4, 0.5) is 0 Å². The largest absolute Gasteiger partial charge is 0.343 e. The van der Waals surface area contributed by atoms with Crippen molar-refractivity contribution in [1.29, 1.82) is 0 Å². The van der Waals surface area contributed by atoms with E-state index in [1.54, 1.807) is 0 Å². The summed E-state index contributed by atoms with van der Waals surface area (Å²) in [6.45, 7) is 11.9. The van der Waals surface area contributed by atoms with Crippen LogP contribution in [-0.2, 0) is 0 Å². The molecular formula is C19H40N4. The normalized spacial score (nSPS) is 16.8. The van der Waals surface area contributed by atoms with E-state index < -0.39 is 0 Å². The number of guanidine groups is 1. The maximum absolute atomic E-state index is 4.68. The minimum Gasteiger partial charge on any atom is -0.343 e. The van der Waals surface area contributed by atoms with Crippen LogP contribution in [0.1, 0.15) is 91.9 Å². The number of rotatable bonds is 12. The molecule has 0 saturated heterocycles. The fourth-order valence-corrected chi connectivity index (χ4v) is 2.99. The molecule has 0 amide bonds. The van der Waals surface area contributed by atoms with E-state index in [-0.39, 0.29) is 5.66 Å². The van der Waals surface area contributed by atoms with Gasteiger partial charge in [0.25, 0.3) is 0 Å². The van der Waals surface area contributed by atoms with Gasteiger partial charge in [0, 0.05) is 13.1 Å². The Bertz CT molecular complexity index is 311. The fraction of sp³-hybridized carbons (Fsp3) is 0.947. The quantitative estimate of drug-likeness (QED) is 0.520. The highest BCUT2D eigenvalue weighted by atomic mass is 15.4. The molecule has 0 aromatic rings. The number of aliphatic imine (C=N–C) groups is 1. The lowest BCUT2D eigenvalue weighted by Crippen LogP contribution is -2.61. The van der Waals surface area contributed by atoms with Crippen molar-refractivity contribution in [3.63, 3.8) is 0 Å². The van der Waals surface area contributed by atoms with E-state index in [0.29, 0.717) is 0 Å². The zero-order valence-corrected chi connectivity index (χ0v) is 16.1. The first-order valence-corrected chi connectivity index (χ1v) is 9.91. The number of nitrogens with one attached hydrogen (secondary N) is 2. The second-order valence-corrected chi connectivity index (χ2v) is 7.38. The van der Waals surface area contributed by atoms with Crippen LogP contribution in [-0.4, -0.2) is 36.3 Å². The molecule has 0 atom stereocenters. The van der Waals surface area contributed by atoms with Crippen LogP contribution in [0.5, 0.6) is 0 Å². The Morgan fingerprint density at radius 1 is 0.870 bits per heavy atom. The molecule has 2 N–H and O–H groups in total. The Kier molecular flexibility index (Phi) is 10.3. The summed E-state index contributed by atoms with van der Waals surface area (Å²) in [6.07, 6.45) is 13.4. The van der Waals surface area contributed by atoms with Gasteiger partial charge in [-0.1, -0.05) is 65.2 Å². The topological polar surface area (TPSA) is 39.7 Å². The molecule has 23 heavy (non-hydrogen) atoms. The summed E-state index contributed by atoms with van der Waals surface area (Å²) in [6, 6.07) is 0. The maximum Gasteiger partial charge on any atom is 0.196 e.